The Morgan fingerprint density at radius 2 is 1.26 bits per heavy atom. The van der Waals surface area contributed by atoms with E-state index in [9.17, 15) is 24.0 Å². The van der Waals surface area contributed by atoms with Crippen LogP contribution in [0.3, 0.4) is 0 Å². The van der Waals surface area contributed by atoms with Crippen molar-refractivity contribution in [1.82, 2.24) is 16.0 Å². The number of hydrogen-bond donors (Lipinski definition) is 4. The van der Waals surface area contributed by atoms with Crippen LogP contribution in [0.15, 0.2) is 0 Å². The van der Waals surface area contributed by atoms with Crippen LogP contribution in [0.2, 0.25) is 0 Å². The van der Waals surface area contributed by atoms with Gasteiger partial charge >= 0.3 is 11.9 Å². The molecule has 4 N–H and O–H groups in total. The molecule has 0 aliphatic rings. The van der Waals surface area contributed by atoms with Gasteiger partial charge in [0.2, 0.25) is 17.7 Å². The smallest absolute Gasteiger partial charge is 0.322 e. The Morgan fingerprint density at radius 1 is 0.826 bits per heavy atom. The fourth-order valence-corrected chi connectivity index (χ4v) is 1.23. The molecule has 3 amide bonds. The van der Waals surface area contributed by atoms with E-state index in [1.807, 2.05) is 5.32 Å². The van der Waals surface area contributed by atoms with E-state index in [2.05, 4.69) is 10.6 Å². The molecule has 0 unspecified atom stereocenters. The molecule has 10 nitrogen and oxygen atoms in total. The van der Waals surface area contributed by atoms with Crippen LogP contribution in [-0.2, 0) is 28.7 Å². The summed E-state index contributed by atoms with van der Waals surface area (Å²) in [5, 5.41) is 14.8. The summed E-state index contributed by atoms with van der Waals surface area (Å²) in [4.78, 5) is 55.5. The Labute approximate surface area is 132 Å². The van der Waals surface area contributed by atoms with Gasteiger partial charge in [0.05, 0.1) is 13.1 Å². The first-order valence-electron chi connectivity index (χ1n) is 6.73. The molecule has 0 aliphatic heterocycles. The number of amides is 3. The summed E-state index contributed by atoms with van der Waals surface area (Å²) in [7, 11) is 0. The van der Waals surface area contributed by atoms with Crippen molar-refractivity contribution >= 4 is 29.7 Å². The number of carboxylic acids is 1. The standard InChI is InChI=1S/C13H21N3O7/c1-13(2,3)23-12(22)4-8(17)14-5-9(18)15-6-10(19)16-7-11(20)21/h4-7H2,1-3H3,(H,14,17)(H,15,18)(H,16,19)(H,20,21). The van der Waals surface area contributed by atoms with Gasteiger partial charge in [-0.3, -0.25) is 24.0 Å². The summed E-state index contributed by atoms with van der Waals surface area (Å²) in [5.41, 5.74) is -0.710. The van der Waals surface area contributed by atoms with Crippen molar-refractivity contribution in [1.29, 1.82) is 0 Å². The minimum Gasteiger partial charge on any atom is -0.480 e. The predicted octanol–water partition coefficient (Wildman–Crippen LogP) is -1.85. The van der Waals surface area contributed by atoms with E-state index >= 15 is 0 Å². The average Bonchev–Trinajstić information content (AvgIpc) is 2.38. The van der Waals surface area contributed by atoms with Crippen LogP contribution in [0.1, 0.15) is 27.2 Å². The number of carbonyl (C=O) groups excluding carboxylic acids is 4. The van der Waals surface area contributed by atoms with Crippen LogP contribution in [-0.4, -0.2) is 60.0 Å². The summed E-state index contributed by atoms with van der Waals surface area (Å²) in [6, 6.07) is 0. The van der Waals surface area contributed by atoms with Gasteiger partial charge in [0, 0.05) is 0 Å². The quantitative estimate of drug-likeness (QED) is 0.301. The van der Waals surface area contributed by atoms with E-state index in [1.54, 1.807) is 20.8 Å². The lowest BCUT2D eigenvalue weighted by Crippen LogP contribution is -2.43. The van der Waals surface area contributed by atoms with E-state index in [-0.39, 0.29) is 0 Å². The number of carbonyl (C=O) groups is 5. The average molecular weight is 331 g/mol. The first kappa shape index (κ1) is 20.3. The highest BCUT2D eigenvalue weighted by molar-refractivity contribution is 5.96. The number of esters is 1. The van der Waals surface area contributed by atoms with Crippen molar-refractivity contribution in [3.63, 3.8) is 0 Å². The fourth-order valence-electron chi connectivity index (χ4n) is 1.23. The monoisotopic (exact) mass is 331 g/mol. The maximum absolute atomic E-state index is 11.4. The number of aliphatic carboxylic acids is 1. The summed E-state index contributed by atoms with van der Waals surface area (Å²) in [5.74, 6) is -3.96. The van der Waals surface area contributed by atoms with Crippen LogP contribution < -0.4 is 16.0 Å². The molecule has 0 rings (SSSR count). The van der Waals surface area contributed by atoms with Crippen molar-refractivity contribution in [2.24, 2.45) is 0 Å². The first-order chi connectivity index (χ1) is 10.5. The second kappa shape index (κ2) is 9.38. The van der Waals surface area contributed by atoms with Gasteiger partial charge in [-0.1, -0.05) is 0 Å². The summed E-state index contributed by atoms with van der Waals surface area (Å²) >= 11 is 0. The highest BCUT2D eigenvalue weighted by Crippen LogP contribution is 2.07. The Bertz CT molecular complexity index is 482. The third kappa shape index (κ3) is 12.8. The van der Waals surface area contributed by atoms with Crippen molar-refractivity contribution < 1.29 is 33.8 Å². The number of carboxylic acid groups (broad SMARTS) is 1. The molecule has 0 saturated heterocycles. The summed E-state index contributed by atoms with van der Waals surface area (Å²) in [6.45, 7) is 3.58. The van der Waals surface area contributed by atoms with E-state index in [4.69, 9.17) is 9.84 Å². The number of rotatable bonds is 8. The maximum atomic E-state index is 11.4. The molecular weight excluding hydrogens is 310 g/mol. The molecule has 10 heteroatoms. The predicted molar refractivity (Wildman–Crippen MR) is 77.1 cm³/mol. The zero-order valence-electron chi connectivity index (χ0n) is 13.2. The lowest BCUT2D eigenvalue weighted by Gasteiger charge is -2.19. The molecule has 0 aliphatic carbocycles. The first-order valence-corrected chi connectivity index (χ1v) is 6.73. The van der Waals surface area contributed by atoms with Crippen LogP contribution in [0.4, 0.5) is 0 Å². The SMILES string of the molecule is CC(C)(C)OC(=O)CC(=O)NCC(=O)NCC(=O)NCC(=O)O. The third-order valence-corrected chi connectivity index (χ3v) is 2.05. The minimum atomic E-state index is -1.21. The van der Waals surface area contributed by atoms with Crippen LogP contribution in [0, 0.1) is 0 Å². The van der Waals surface area contributed by atoms with Crippen molar-refractivity contribution in [3.05, 3.63) is 0 Å². The molecule has 0 aromatic carbocycles. The lowest BCUT2D eigenvalue weighted by atomic mass is 10.2. The van der Waals surface area contributed by atoms with Gasteiger partial charge < -0.3 is 25.8 Å². The third-order valence-electron chi connectivity index (χ3n) is 2.05. The topological polar surface area (TPSA) is 151 Å². The molecule has 130 valence electrons. The number of hydrogen-bond acceptors (Lipinski definition) is 6. The zero-order valence-corrected chi connectivity index (χ0v) is 13.2. The number of ether oxygens (including phenoxy) is 1. The maximum Gasteiger partial charge on any atom is 0.322 e. The second-order valence-electron chi connectivity index (χ2n) is 5.49. The molecule has 23 heavy (non-hydrogen) atoms. The van der Waals surface area contributed by atoms with Gasteiger partial charge in [0.15, 0.2) is 0 Å². The Balaban J connectivity index is 3.92. The van der Waals surface area contributed by atoms with Gasteiger partial charge in [0.25, 0.3) is 0 Å². The Morgan fingerprint density at radius 3 is 1.70 bits per heavy atom. The highest BCUT2D eigenvalue weighted by Gasteiger charge is 2.19. The fraction of sp³-hybridized carbons (Fsp3) is 0.615. The van der Waals surface area contributed by atoms with Gasteiger partial charge in [-0.05, 0) is 20.8 Å². The Kier molecular flexibility index (Phi) is 8.30. The van der Waals surface area contributed by atoms with Crippen LogP contribution in [0.5, 0.6) is 0 Å². The zero-order chi connectivity index (χ0) is 18.0. The van der Waals surface area contributed by atoms with Gasteiger partial charge in [-0.15, -0.1) is 0 Å². The summed E-state index contributed by atoms with van der Waals surface area (Å²) in [6.07, 6.45) is -0.524. The summed E-state index contributed by atoms with van der Waals surface area (Å²) < 4.78 is 4.94. The van der Waals surface area contributed by atoms with Crippen molar-refractivity contribution in [2.45, 2.75) is 32.8 Å². The molecule has 0 spiro atoms. The van der Waals surface area contributed by atoms with Crippen molar-refractivity contribution in [3.8, 4) is 0 Å². The molecular formula is C13H21N3O7. The molecule has 0 atom stereocenters. The second-order valence-corrected chi connectivity index (χ2v) is 5.49. The molecule has 0 bridgehead atoms. The Hall–Kier alpha value is -2.65. The van der Waals surface area contributed by atoms with E-state index in [0.717, 1.165) is 0 Å². The van der Waals surface area contributed by atoms with Gasteiger partial charge in [0.1, 0.15) is 18.6 Å². The molecule has 0 saturated carbocycles. The largest absolute Gasteiger partial charge is 0.480 e. The van der Waals surface area contributed by atoms with E-state index in [0.29, 0.717) is 0 Å². The van der Waals surface area contributed by atoms with E-state index in [1.165, 1.54) is 0 Å². The molecule has 0 heterocycles. The van der Waals surface area contributed by atoms with E-state index < -0.39 is 61.3 Å². The number of nitrogens with one attached hydrogen (secondary N) is 3. The molecule has 0 aromatic rings. The van der Waals surface area contributed by atoms with Crippen molar-refractivity contribution in [2.75, 3.05) is 19.6 Å². The normalized spacial score (nSPS) is 10.4. The molecule has 0 aromatic heterocycles. The van der Waals surface area contributed by atoms with Gasteiger partial charge in [-0.25, -0.2) is 0 Å². The van der Waals surface area contributed by atoms with Crippen LogP contribution in [0.25, 0.3) is 0 Å². The molecule has 0 radical (unpaired) electrons. The molecule has 0 fully saturated rings. The highest BCUT2D eigenvalue weighted by atomic mass is 16.6. The lowest BCUT2D eigenvalue weighted by molar-refractivity contribution is -0.156. The van der Waals surface area contributed by atoms with Gasteiger partial charge in [-0.2, -0.15) is 0 Å². The van der Waals surface area contributed by atoms with Crippen LogP contribution >= 0.6 is 0 Å². The minimum absolute atomic E-state index is 0.423.